The molecule has 164 valence electrons. The zero-order chi connectivity index (χ0) is 23.0. The van der Waals surface area contributed by atoms with Crippen molar-refractivity contribution in [3.05, 3.63) is 97.8 Å². The molecule has 2 heterocycles. The Bertz CT molecular complexity index is 1340. The van der Waals surface area contributed by atoms with E-state index in [1.165, 1.54) is 11.6 Å². The number of anilines is 2. The Kier molecular flexibility index (Phi) is 5.80. The second-order valence-electron chi connectivity index (χ2n) is 7.66. The minimum atomic E-state index is -0.628. The van der Waals surface area contributed by atoms with Crippen LogP contribution in [0.3, 0.4) is 0 Å². The van der Waals surface area contributed by atoms with Crippen LogP contribution in [0.5, 0.6) is 0 Å². The van der Waals surface area contributed by atoms with Crippen molar-refractivity contribution in [2.75, 3.05) is 16.9 Å². The maximum atomic E-state index is 13.5. The summed E-state index contributed by atoms with van der Waals surface area (Å²) in [6, 6.07) is 17.0. The van der Waals surface area contributed by atoms with Crippen molar-refractivity contribution < 1.29 is 4.79 Å². The average molecular weight is 449 g/mol. The smallest absolute Gasteiger partial charge is 0.332 e. The number of aromatic nitrogens is 2. The van der Waals surface area contributed by atoms with Crippen molar-refractivity contribution in [1.29, 1.82) is 0 Å². The van der Waals surface area contributed by atoms with Gasteiger partial charge in [-0.05, 0) is 43.0 Å². The van der Waals surface area contributed by atoms with Crippen molar-refractivity contribution >= 4 is 29.2 Å². The van der Waals surface area contributed by atoms with Crippen molar-refractivity contribution in [3.63, 3.8) is 0 Å². The number of carbonyl (C=O) groups is 1. The first-order chi connectivity index (χ1) is 15.3. The SMILES string of the molecule is CSc1ccc([C@@H]2C(C(=O)Nc3ccccc3)=C(C)Nc3c2c(=O)n(C)c(=O)n3C)cc1. The largest absolute Gasteiger partial charge is 0.344 e. The van der Waals surface area contributed by atoms with Crippen LogP contribution in [-0.4, -0.2) is 21.3 Å². The molecule has 1 atom stereocenters. The Balaban J connectivity index is 1.93. The topological polar surface area (TPSA) is 85.1 Å². The van der Waals surface area contributed by atoms with Gasteiger partial charge in [0.05, 0.1) is 11.5 Å². The molecule has 1 aromatic heterocycles. The second-order valence-corrected chi connectivity index (χ2v) is 8.54. The number of rotatable bonds is 4. The first-order valence-corrected chi connectivity index (χ1v) is 11.3. The van der Waals surface area contributed by atoms with Gasteiger partial charge in [-0.1, -0.05) is 30.3 Å². The Morgan fingerprint density at radius 3 is 2.28 bits per heavy atom. The summed E-state index contributed by atoms with van der Waals surface area (Å²) in [6.45, 7) is 1.79. The van der Waals surface area contributed by atoms with Gasteiger partial charge in [-0.15, -0.1) is 11.8 Å². The van der Waals surface area contributed by atoms with Crippen LogP contribution in [0.15, 0.2) is 80.4 Å². The molecule has 7 nitrogen and oxygen atoms in total. The molecule has 0 aliphatic carbocycles. The lowest BCUT2D eigenvalue weighted by atomic mass is 9.81. The average Bonchev–Trinajstić information content (AvgIpc) is 2.81. The van der Waals surface area contributed by atoms with Gasteiger partial charge in [0.1, 0.15) is 5.82 Å². The molecule has 3 aromatic rings. The number of nitrogens with zero attached hydrogens (tertiary/aromatic N) is 2. The van der Waals surface area contributed by atoms with E-state index in [4.69, 9.17) is 0 Å². The number of carbonyl (C=O) groups excluding carboxylic acids is 1. The Morgan fingerprint density at radius 2 is 1.66 bits per heavy atom. The third kappa shape index (κ3) is 3.67. The summed E-state index contributed by atoms with van der Waals surface area (Å²) in [4.78, 5) is 40.3. The van der Waals surface area contributed by atoms with Crippen LogP contribution in [0.4, 0.5) is 11.5 Å². The van der Waals surface area contributed by atoms with E-state index in [-0.39, 0.29) is 5.91 Å². The van der Waals surface area contributed by atoms with E-state index in [1.807, 2.05) is 60.9 Å². The quantitative estimate of drug-likeness (QED) is 0.599. The van der Waals surface area contributed by atoms with Gasteiger partial charge < -0.3 is 10.6 Å². The van der Waals surface area contributed by atoms with E-state index >= 15 is 0 Å². The van der Waals surface area contributed by atoms with E-state index in [2.05, 4.69) is 10.6 Å². The molecule has 2 aromatic carbocycles. The number of hydrogen-bond acceptors (Lipinski definition) is 5. The molecule has 1 aliphatic heterocycles. The number of thioether (sulfide) groups is 1. The normalized spacial score (nSPS) is 15.2. The number of benzene rings is 2. The fraction of sp³-hybridized carbons (Fsp3) is 0.208. The molecule has 0 spiro atoms. The maximum Gasteiger partial charge on any atom is 0.332 e. The highest BCUT2D eigenvalue weighted by atomic mass is 32.2. The Labute approximate surface area is 189 Å². The van der Waals surface area contributed by atoms with Crippen molar-refractivity contribution in [2.45, 2.75) is 17.7 Å². The van der Waals surface area contributed by atoms with Crippen LogP contribution < -0.4 is 21.9 Å². The summed E-state index contributed by atoms with van der Waals surface area (Å²) in [5, 5.41) is 6.08. The third-order valence-electron chi connectivity index (χ3n) is 5.71. The molecule has 1 aliphatic rings. The molecule has 2 N–H and O–H groups in total. The highest BCUT2D eigenvalue weighted by molar-refractivity contribution is 7.98. The van der Waals surface area contributed by atoms with E-state index in [0.717, 1.165) is 15.0 Å². The molecule has 4 rings (SSSR count). The summed E-state index contributed by atoms with van der Waals surface area (Å²) in [6.07, 6.45) is 1.99. The lowest BCUT2D eigenvalue weighted by Gasteiger charge is -2.31. The zero-order valence-corrected chi connectivity index (χ0v) is 19.1. The molecular formula is C24H24N4O3S. The Morgan fingerprint density at radius 1 is 1.00 bits per heavy atom. The number of fused-ring (bicyclic) bond motifs is 1. The Hall–Kier alpha value is -3.52. The minimum absolute atomic E-state index is 0.304. The maximum absolute atomic E-state index is 13.5. The number of hydrogen-bond donors (Lipinski definition) is 2. The lowest BCUT2D eigenvalue weighted by molar-refractivity contribution is -0.113. The molecule has 8 heteroatoms. The summed E-state index contributed by atoms with van der Waals surface area (Å²) in [7, 11) is 3.07. The molecule has 0 saturated carbocycles. The summed E-state index contributed by atoms with van der Waals surface area (Å²) in [5.41, 5.74) is 2.01. The number of amides is 1. The molecule has 0 saturated heterocycles. The second kappa shape index (κ2) is 8.55. The van der Waals surface area contributed by atoms with Crippen LogP contribution in [0.1, 0.15) is 24.0 Å². The summed E-state index contributed by atoms with van der Waals surface area (Å²) in [5.74, 6) is -0.524. The van der Waals surface area contributed by atoms with Gasteiger partial charge in [0.2, 0.25) is 0 Å². The molecule has 0 radical (unpaired) electrons. The first kappa shape index (κ1) is 21.7. The van der Waals surface area contributed by atoms with E-state index in [9.17, 15) is 14.4 Å². The van der Waals surface area contributed by atoms with Crippen molar-refractivity contribution in [3.8, 4) is 0 Å². The number of nitrogens with one attached hydrogen (secondary N) is 2. The van der Waals surface area contributed by atoms with E-state index in [1.54, 1.807) is 25.7 Å². The van der Waals surface area contributed by atoms with Crippen LogP contribution in [0.2, 0.25) is 0 Å². The zero-order valence-electron chi connectivity index (χ0n) is 18.3. The number of para-hydroxylation sites is 1. The predicted octanol–water partition coefficient (Wildman–Crippen LogP) is 3.28. The summed E-state index contributed by atoms with van der Waals surface area (Å²) < 4.78 is 2.49. The highest BCUT2D eigenvalue weighted by Crippen LogP contribution is 2.40. The first-order valence-electron chi connectivity index (χ1n) is 10.1. The fourth-order valence-electron chi connectivity index (χ4n) is 4.04. The minimum Gasteiger partial charge on any atom is -0.344 e. The molecule has 32 heavy (non-hydrogen) atoms. The van der Waals surface area contributed by atoms with Gasteiger partial charge in [-0.3, -0.25) is 18.7 Å². The third-order valence-corrected chi connectivity index (χ3v) is 6.46. The van der Waals surface area contributed by atoms with Crippen LogP contribution in [0.25, 0.3) is 0 Å². The van der Waals surface area contributed by atoms with Crippen LogP contribution in [-0.2, 0) is 18.9 Å². The molecular weight excluding hydrogens is 424 g/mol. The standard InChI is InChI=1S/C24H24N4O3S/c1-14-18(22(29)26-16-8-6-5-7-9-16)19(15-10-12-17(32-4)13-11-15)20-21(25-14)27(2)24(31)28(3)23(20)30/h5-13,19,25H,1-4H3,(H,26,29)/t19-/m1/s1. The predicted molar refractivity (Wildman–Crippen MR) is 128 cm³/mol. The van der Waals surface area contributed by atoms with Crippen molar-refractivity contribution in [2.24, 2.45) is 14.1 Å². The summed E-state index contributed by atoms with van der Waals surface area (Å²) >= 11 is 1.61. The lowest BCUT2D eigenvalue weighted by Crippen LogP contribution is -2.43. The van der Waals surface area contributed by atoms with Crippen LogP contribution >= 0.6 is 11.8 Å². The molecule has 0 fully saturated rings. The van der Waals surface area contributed by atoms with Gasteiger partial charge in [0.15, 0.2) is 0 Å². The van der Waals surface area contributed by atoms with Gasteiger partial charge in [-0.2, -0.15) is 0 Å². The van der Waals surface area contributed by atoms with E-state index in [0.29, 0.717) is 28.3 Å². The number of allylic oxidation sites excluding steroid dienone is 1. The van der Waals surface area contributed by atoms with Gasteiger partial charge >= 0.3 is 5.69 Å². The van der Waals surface area contributed by atoms with Crippen molar-refractivity contribution in [1.82, 2.24) is 9.13 Å². The molecule has 0 bridgehead atoms. The van der Waals surface area contributed by atoms with Gasteiger partial charge in [0.25, 0.3) is 11.5 Å². The van der Waals surface area contributed by atoms with Crippen LogP contribution in [0, 0.1) is 0 Å². The van der Waals surface area contributed by atoms with E-state index < -0.39 is 17.2 Å². The fourth-order valence-corrected chi connectivity index (χ4v) is 4.45. The highest BCUT2D eigenvalue weighted by Gasteiger charge is 2.36. The van der Waals surface area contributed by atoms with Gasteiger partial charge in [-0.25, -0.2) is 4.79 Å². The van der Waals surface area contributed by atoms with Gasteiger partial charge in [0, 0.05) is 35.9 Å². The molecule has 1 amide bonds. The monoisotopic (exact) mass is 448 g/mol. The molecule has 0 unspecified atom stereocenters.